The summed E-state index contributed by atoms with van der Waals surface area (Å²) >= 11 is 0. The van der Waals surface area contributed by atoms with Gasteiger partial charge in [-0.2, -0.15) is 0 Å². The quantitative estimate of drug-likeness (QED) is 0.0298. The van der Waals surface area contributed by atoms with Gasteiger partial charge < -0.3 is 14.6 Å². The average Bonchev–Trinajstić information content (AvgIpc) is 3.06. The molecular formula is C43H81NO5. The molecule has 2 N–H and O–H groups in total. The molecule has 6 heteroatoms. The molecule has 288 valence electrons. The second-order valence-electron chi connectivity index (χ2n) is 15.2. The van der Waals surface area contributed by atoms with Crippen molar-refractivity contribution in [2.45, 2.75) is 232 Å². The fraction of sp³-hybridized carbons (Fsp3) is 0.860. The molecule has 0 amide bonds. The van der Waals surface area contributed by atoms with E-state index < -0.39 is 24.5 Å². The predicted molar refractivity (Wildman–Crippen MR) is 209 cm³/mol. The first kappa shape index (κ1) is 47.3. The third kappa shape index (κ3) is 34.6. The Morgan fingerprint density at radius 1 is 0.531 bits per heavy atom. The number of unbranched alkanes of at least 4 members (excludes halogenated alkanes) is 22. The van der Waals surface area contributed by atoms with Crippen LogP contribution >= 0.6 is 0 Å². The van der Waals surface area contributed by atoms with E-state index >= 15 is 0 Å². The Balaban J connectivity index is 4.15. The number of aliphatic hydroxyl groups excluding tert-OH is 1. The van der Waals surface area contributed by atoms with Crippen LogP contribution in [0.4, 0.5) is 0 Å². The van der Waals surface area contributed by atoms with Crippen molar-refractivity contribution in [3.63, 3.8) is 0 Å². The minimum atomic E-state index is -0.937. The van der Waals surface area contributed by atoms with Gasteiger partial charge in [-0.1, -0.05) is 141 Å². The van der Waals surface area contributed by atoms with Gasteiger partial charge in [0, 0.05) is 18.4 Å². The normalized spacial score (nSPS) is 13.3. The van der Waals surface area contributed by atoms with Gasteiger partial charge in [-0.3, -0.25) is 14.9 Å². The van der Waals surface area contributed by atoms with E-state index in [1.54, 1.807) is 0 Å². The molecule has 0 aliphatic heterocycles. The van der Waals surface area contributed by atoms with Crippen molar-refractivity contribution < 1.29 is 24.2 Å². The first-order valence-corrected chi connectivity index (χ1v) is 20.8. The molecule has 6 nitrogen and oxygen atoms in total. The number of carbonyl (C=O) groups excluding carboxylic acids is 2. The molecule has 0 saturated heterocycles. The maximum Gasteiger partial charge on any atom is 0.307 e. The van der Waals surface area contributed by atoms with Crippen LogP contribution in [0.2, 0.25) is 0 Å². The second kappa shape index (κ2) is 34.8. The van der Waals surface area contributed by atoms with Gasteiger partial charge in [0.1, 0.15) is 0 Å². The summed E-state index contributed by atoms with van der Waals surface area (Å²) in [6.07, 6.45) is 39.4. The van der Waals surface area contributed by atoms with Gasteiger partial charge in [0.2, 0.25) is 0 Å². The summed E-state index contributed by atoms with van der Waals surface area (Å²) in [5.41, 5.74) is -0.392. The van der Waals surface area contributed by atoms with Gasteiger partial charge in [-0.05, 0) is 85.0 Å². The lowest BCUT2D eigenvalue weighted by atomic mass is 10.1. The van der Waals surface area contributed by atoms with E-state index in [-0.39, 0.29) is 11.9 Å². The molecule has 0 heterocycles. The van der Waals surface area contributed by atoms with E-state index in [0.29, 0.717) is 12.8 Å². The molecule has 0 aliphatic carbocycles. The molecule has 49 heavy (non-hydrogen) atoms. The highest BCUT2D eigenvalue weighted by molar-refractivity contribution is 5.70. The van der Waals surface area contributed by atoms with Crippen LogP contribution in [-0.2, 0) is 19.1 Å². The fourth-order valence-electron chi connectivity index (χ4n) is 5.93. The van der Waals surface area contributed by atoms with Crippen LogP contribution < -0.4 is 5.32 Å². The van der Waals surface area contributed by atoms with Crippen molar-refractivity contribution in [1.82, 2.24) is 5.32 Å². The fourth-order valence-corrected chi connectivity index (χ4v) is 5.93. The lowest BCUT2D eigenvalue weighted by Gasteiger charge is -2.32. The van der Waals surface area contributed by atoms with Crippen LogP contribution in [-0.4, -0.2) is 41.5 Å². The van der Waals surface area contributed by atoms with E-state index in [9.17, 15) is 14.7 Å². The summed E-state index contributed by atoms with van der Waals surface area (Å²) in [6, 6.07) is 0. The Morgan fingerprint density at radius 3 is 1.20 bits per heavy atom. The van der Waals surface area contributed by atoms with Gasteiger partial charge >= 0.3 is 11.9 Å². The molecule has 0 aromatic heterocycles. The van der Waals surface area contributed by atoms with Crippen LogP contribution in [0.3, 0.4) is 0 Å². The van der Waals surface area contributed by atoms with E-state index in [1.165, 1.54) is 116 Å². The van der Waals surface area contributed by atoms with Crippen LogP contribution in [0.1, 0.15) is 214 Å². The highest BCUT2D eigenvalue weighted by Crippen LogP contribution is 2.15. The van der Waals surface area contributed by atoms with Crippen molar-refractivity contribution in [2.24, 2.45) is 0 Å². The second-order valence-corrected chi connectivity index (χ2v) is 15.2. The summed E-state index contributed by atoms with van der Waals surface area (Å²) in [5.74, 6) is -0.684. The number of hydrogen-bond acceptors (Lipinski definition) is 6. The van der Waals surface area contributed by atoms with E-state index in [2.05, 4.69) is 43.5 Å². The zero-order valence-corrected chi connectivity index (χ0v) is 33.1. The summed E-state index contributed by atoms with van der Waals surface area (Å²) < 4.78 is 11.3. The molecule has 0 rings (SSSR count). The smallest absolute Gasteiger partial charge is 0.307 e. The maximum atomic E-state index is 12.7. The Bertz CT molecular complexity index is 803. The van der Waals surface area contributed by atoms with Gasteiger partial charge in [0.15, 0.2) is 12.3 Å². The first-order chi connectivity index (χ1) is 23.7. The maximum absolute atomic E-state index is 12.7. The topological polar surface area (TPSA) is 84.9 Å². The summed E-state index contributed by atoms with van der Waals surface area (Å²) in [4.78, 5) is 25.3. The minimum absolute atomic E-state index is 0.305. The van der Waals surface area contributed by atoms with Gasteiger partial charge in [0.25, 0.3) is 0 Å². The number of allylic oxidation sites excluding steroid dienone is 4. The molecule has 0 aromatic rings. The number of aliphatic hydroxyl groups is 1. The molecular weight excluding hydrogens is 610 g/mol. The lowest BCUT2D eigenvalue weighted by Crippen LogP contribution is -2.54. The molecule has 0 aliphatic rings. The van der Waals surface area contributed by atoms with Crippen LogP contribution in [0, 0.1) is 0 Å². The standard InChI is InChI=1S/C43H81NO5/c1-6-8-10-12-14-16-18-20-22-24-26-28-30-32-34-36-40(46)48-39(38-45)42(44-43(3,4)5)49-41(47)37-35-33-31-29-27-25-23-21-19-17-15-13-11-9-7-2/h20-23,39,42,44-45H,6-19,24-38H2,1-5H3. The van der Waals surface area contributed by atoms with E-state index in [4.69, 9.17) is 9.47 Å². The van der Waals surface area contributed by atoms with Crippen molar-refractivity contribution in [3.05, 3.63) is 24.3 Å². The zero-order chi connectivity index (χ0) is 36.3. The SMILES string of the molecule is CCCCCCCCC=CCCCCCCCC(=O)OC(CO)C(NC(C)(C)C)OC(=O)CCCCCCCC=CCCCCCCCC. The van der Waals surface area contributed by atoms with E-state index in [0.717, 1.165) is 51.4 Å². The van der Waals surface area contributed by atoms with Crippen molar-refractivity contribution in [2.75, 3.05) is 6.61 Å². The monoisotopic (exact) mass is 692 g/mol. The Kier molecular flexibility index (Phi) is 33.6. The number of hydrogen-bond donors (Lipinski definition) is 2. The molecule has 0 spiro atoms. The van der Waals surface area contributed by atoms with Gasteiger partial charge in [-0.25, -0.2) is 0 Å². The van der Waals surface area contributed by atoms with Gasteiger partial charge in [0.05, 0.1) is 6.61 Å². The Morgan fingerprint density at radius 2 is 0.857 bits per heavy atom. The number of carbonyl (C=O) groups is 2. The van der Waals surface area contributed by atoms with Crippen molar-refractivity contribution >= 4 is 11.9 Å². The molecule has 2 unspecified atom stereocenters. The highest BCUT2D eigenvalue weighted by atomic mass is 16.6. The Hall–Kier alpha value is -1.66. The first-order valence-electron chi connectivity index (χ1n) is 20.8. The van der Waals surface area contributed by atoms with Crippen LogP contribution in [0.15, 0.2) is 24.3 Å². The van der Waals surface area contributed by atoms with Crippen LogP contribution in [0.25, 0.3) is 0 Å². The zero-order valence-electron chi connectivity index (χ0n) is 33.1. The minimum Gasteiger partial charge on any atom is -0.454 e. The average molecular weight is 692 g/mol. The predicted octanol–water partition coefficient (Wildman–Crippen LogP) is 12.2. The summed E-state index contributed by atoms with van der Waals surface area (Å²) in [7, 11) is 0. The summed E-state index contributed by atoms with van der Waals surface area (Å²) in [6.45, 7) is 9.98. The third-order valence-electron chi connectivity index (χ3n) is 8.92. The highest BCUT2D eigenvalue weighted by Gasteiger charge is 2.31. The molecule has 0 saturated carbocycles. The molecule has 0 aromatic carbocycles. The molecule has 2 atom stereocenters. The molecule has 0 radical (unpaired) electrons. The van der Waals surface area contributed by atoms with Crippen LogP contribution in [0.5, 0.6) is 0 Å². The van der Waals surface area contributed by atoms with Crippen molar-refractivity contribution in [3.8, 4) is 0 Å². The van der Waals surface area contributed by atoms with Gasteiger partial charge in [-0.15, -0.1) is 0 Å². The summed E-state index contributed by atoms with van der Waals surface area (Å²) in [5, 5.41) is 13.3. The number of rotatable bonds is 35. The molecule has 0 bridgehead atoms. The molecule has 0 fully saturated rings. The lowest BCUT2D eigenvalue weighted by molar-refractivity contribution is -0.176. The number of nitrogens with one attached hydrogen (secondary N) is 1. The number of ether oxygens (including phenoxy) is 2. The number of esters is 2. The Labute approximate surface area is 304 Å². The van der Waals surface area contributed by atoms with E-state index in [1.807, 2.05) is 20.8 Å². The third-order valence-corrected chi connectivity index (χ3v) is 8.92. The largest absolute Gasteiger partial charge is 0.454 e. The van der Waals surface area contributed by atoms with Crippen molar-refractivity contribution in [1.29, 1.82) is 0 Å².